The molecule has 0 N–H and O–H groups in total. The highest BCUT2D eigenvalue weighted by atomic mass is 32.2. The molecule has 0 aliphatic rings. The van der Waals surface area contributed by atoms with Gasteiger partial charge in [-0.25, -0.2) is 0 Å². The van der Waals surface area contributed by atoms with Gasteiger partial charge in [-0.3, -0.25) is 4.18 Å². The van der Waals surface area contributed by atoms with E-state index in [0.717, 1.165) is 12.8 Å². The van der Waals surface area contributed by atoms with Crippen LogP contribution >= 0.6 is 0 Å². The molecule has 0 spiro atoms. The number of unbranched alkanes of at least 4 members (excludes halogenated alkanes) is 13. The summed E-state index contributed by atoms with van der Waals surface area (Å²) in [5.41, 5.74) is 0. The molecule has 0 fully saturated rings. The second-order valence-corrected chi connectivity index (χ2v) is 10.5. The van der Waals surface area contributed by atoms with E-state index in [4.69, 9.17) is 4.18 Å². The standard InChI is InChI=1S/C21H46NO3S/c1-5-6-7-8-9-10-11-12-13-14-15-16-17-18-20-25-26(23,24)21-19-22(2,3)4/h5-21H2,1-4H3/q+1. The maximum Gasteiger partial charge on any atom is 0.272 e. The fourth-order valence-electron chi connectivity index (χ4n) is 2.93. The molecule has 0 aromatic heterocycles. The second kappa shape index (κ2) is 15.9. The minimum atomic E-state index is -3.35. The van der Waals surface area contributed by atoms with Gasteiger partial charge in [0, 0.05) is 0 Å². The van der Waals surface area contributed by atoms with E-state index in [1.54, 1.807) is 0 Å². The smallest absolute Gasteiger partial charge is 0.272 e. The number of hydrogen-bond acceptors (Lipinski definition) is 3. The molecule has 4 nitrogen and oxygen atoms in total. The number of rotatable bonds is 19. The van der Waals surface area contributed by atoms with Crippen LogP contribution < -0.4 is 0 Å². The predicted octanol–water partition coefficient (Wildman–Crippen LogP) is 5.52. The molecule has 0 heterocycles. The van der Waals surface area contributed by atoms with Gasteiger partial charge < -0.3 is 4.48 Å². The Morgan fingerprint density at radius 1 is 0.654 bits per heavy atom. The van der Waals surface area contributed by atoms with Crippen molar-refractivity contribution in [3.8, 4) is 0 Å². The van der Waals surface area contributed by atoms with E-state index in [2.05, 4.69) is 6.92 Å². The summed E-state index contributed by atoms with van der Waals surface area (Å²) in [4.78, 5) is 0. The SMILES string of the molecule is CCCCCCCCCCCCCCCCOS(=O)(=O)CC[N+](C)(C)C. The molecule has 0 aromatic rings. The quantitative estimate of drug-likeness (QED) is 0.165. The van der Waals surface area contributed by atoms with Gasteiger partial charge in [0.15, 0.2) is 0 Å². The van der Waals surface area contributed by atoms with Gasteiger partial charge >= 0.3 is 0 Å². The van der Waals surface area contributed by atoms with Gasteiger partial charge in [0.1, 0.15) is 5.75 Å². The average molecular weight is 393 g/mol. The Bertz CT molecular complexity index is 402. The van der Waals surface area contributed by atoms with E-state index < -0.39 is 10.1 Å². The monoisotopic (exact) mass is 392 g/mol. The fraction of sp³-hybridized carbons (Fsp3) is 1.00. The van der Waals surface area contributed by atoms with E-state index in [9.17, 15) is 8.42 Å². The topological polar surface area (TPSA) is 43.4 Å². The number of hydrogen-bond donors (Lipinski definition) is 0. The Labute approximate surface area is 164 Å². The molecular weight excluding hydrogens is 346 g/mol. The summed E-state index contributed by atoms with van der Waals surface area (Å²) in [6.45, 7) is 3.20. The average Bonchev–Trinajstić information content (AvgIpc) is 2.56. The summed E-state index contributed by atoms with van der Waals surface area (Å²) >= 11 is 0. The van der Waals surface area contributed by atoms with Crippen LogP contribution in [-0.2, 0) is 14.3 Å². The van der Waals surface area contributed by atoms with Crippen molar-refractivity contribution < 1.29 is 17.1 Å². The fourth-order valence-corrected chi connectivity index (χ4v) is 4.19. The van der Waals surface area contributed by atoms with Crippen LogP contribution in [-0.4, -0.2) is 52.9 Å². The molecular formula is C21H46NO3S+. The summed E-state index contributed by atoms with van der Waals surface area (Å²) in [6.07, 6.45) is 18.2. The van der Waals surface area contributed by atoms with Crippen molar-refractivity contribution in [1.29, 1.82) is 0 Å². The van der Waals surface area contributed by atoms with E-state index in [1.807, 2.05) is 21.1 Å². The van der Waals surface area contributed by atoms with Crippen LogP contribution in [0.5, 0.6) is 0 Å². The minimum absolute atomic E-state index is 0.106. The first-order valence-corrected chi connectivity index (χ1v) is 12.5. The van der Waals surface area contributed by atoms with E-state index in [1.165, 1.54) is 77.0 Å². The molecule has 0 saturated heterocycles. The molecule has 26 heavy (non-hydrogen) atoms. The van der Waals surface area contributed by atoms with Crippen molar-refractivity contribution >= 4 is 10.1 Å². The normalized spacial score (nSPS) is 12.6. The highest BCUT2D eigenvalue weighted by Gasteiger charge is 2.17. The van der Waals surface area contributed by atoms with Gasteiger partial charge in [0.25, 0.3) is 10.1 Å². The lowest BCUT2D eigenvalue weighted by molar-refractivity contribution is -0.867. The van der Waals surface area contributed by atoms with Gasteiger partial charge in [-0.2, -0.15) is 8.42 Å². The molecule has 0 saturated carbocycles. The van der Waals surface area contributed by atoms with Crippen molar-refractivity contribution in [3.63, 3.8) is 0 Å². The highest BCUT2D eigenvalue weighted by Crippen LogP contribution is 2.13. The third-order valence-corrected chi connectivity index (χ3v) is 5.98. The van der Waals surface area contributed by atoms with Crippen molar-refractivity contribution in [2.75, 3.05) is 40.0 Å². The first kappa shape index (κ1) is 25.9. The lowest BCUT2D eigenvalue weighted by atomic mass is 10.0. The van der Waals surface area contributed by atoms with Crippen LogP contribution in [0.3, 0.4) is 0 Å². The molecule has 0 radical (unpaired) electrons. The predicted molar refractivity (Wildman–Crippen MR) is 113 cm³/mol. The minimum Gasteiger partial charge on any atom is -0.330 e. The zero-order chi connectivity index (χ0) is 19.7. The molecule has 0 aromatic carbocycles. The first-order chi connectivity index (χ1) is 12.3. The van der Waals surface area contributed by atoms with Crippen molar-refractivity contribution in [3.05, 3.63) is 0 Å². The summed E-state index contributed by atoms with van der Waals surface area (Å²) in [6, 6.07) is 0. The summed E-state index contributed by atoms with van der Waals surface area (Å²) in [5, 5.41) is 0. The van der Waals surface area contributed by atoms with Gasteiger partial charge in [-0.05, 0) is 6.42 Å². The summed E-state index contributed by atoms with van der Waals surface area (Å²) < 4.78 is 29.3. The lowest BCUT2D eigenvalue weighted by Gasteiger charge is -2.23. The maximum absolute atomic E-state index is 11.8. The maximum atomic E-state index is 11.8. The Kier molecular flexibility index (Phi) is 15.8. The van der Waals surface area contributed by atoms with Crippen LogP contribution in [0.25, 0.3) is 0 Å². The van der Waals surface area contributed by atoms with E-state index >= 15 is 0 Å². The third kappa shape index (κ3) is 20.2. The van der Waals surface area contributed by atoms with E-state index in [0.29, 0.717) is 17.6 Å². The molecule has 0 atom stereocenters. The molecule has 0 amide bonds. The number of nitrogens with zero attached hydrogens (tertiary/aromatic N) is 1. The van der Waals surface area contributed by atoms with Crippen molar-refractivity contribution in [2.45, 2.75) is 96.8 Å². The summed E-state index contributed by atoms with van der Waals surface area (Å²) in [5.74, 6) is 0.106. The lowest BCUT2D eigenvalue weighted by Crippen LogP contribution is -2.39. The molecule has 0 unspecified atom stereocenters. The largest absolute Gasteiger partial charge is 0.330 e. The Balaban J connectivity index is 3.31. The molecule has 0 bridgehead atoms. The molecule has 0 aliphatic heterocycles. The second-order valence-electron chi connectivity index (χ2n) is 8.69. The van der Waals surface area contributed by atoms with Gasteiger partial charge in [0.2, 0.25) is 0 Å². The highest BCUT2D eigenvalue weighted by molar-refractivity contribution is 7.86. The third-order valence-electron chi connectivity index (χ3n) is 4.77. The summed E-state index contributed by atoms with van der Waals surface area (Å²) in [7, 11) is 2.62. The Hall–Kier alpha value is -0.130. The molecule has 158 valence electrons. The van der Waals surface area contributed by atoms with Gasteiger partial charge in [-0.1, -0.05) is 90.4 Å². The molecule has 0 aliphatic carbocycles. The molecule has 0 rings (SSSR count). The van der Waals surface area contributed by atoms with E-state index in [-0.39, 0.29) is 5.75 Å². The van der Waals surface area contributed by atoms with Crippen molar-refractivity contribution in [2.24, 2.45) is 0 Å². The Morgan fingerprint density at radius 3 is 1.42 bits per heavy atom. The van der Waals surface area contributed by atoms with Crippen LogP contribution in [0, 0.1) is 0 Å². The van der Waals surface area contributed by atoms with Crippen molar-refractivity contribution in [1.82, 2.24) is 0 Å². The zero-order valence-corrected chi connectivity index (χ0v) is 18.9. The van der Waals surface area contributed by atoms with Crippen LogP contribution in [0.4, 0.5) is 0 Å². The number of quaternary nitrogens is 1. The van der Waals surface area contributed by atoms with Crippen LogP contribution in [0.15, 0.2) is 0 Å². The van der Waals surface area contributed by atoms with Crippen LogP contribution in [0.2, 0.25) is 0 Å². The molecule has 5 heteroatoms. The van der Waals surface area contributed by atoms with Gasteiger partial charge in [-0.15, -0.1) is 0 Å². The Morgan fingerprint density at radius 2 is 1.04 bits per heavy atom. The van der Waals surface area contributed by atoms with Gasteiger partial charge in [0.05, 0.1) is 34.3 Å². The zero-order valence-electron chi connectivity index (χ0n) is 18.1. The first-order valence-electron chi connectivity index (χ1n) is 10.9. The van der Waals surface area contributed by atoms with Crippen LogP contribution in [0.1, 0.15) is 96.8 Å².